The van der Waals surface area contributed by atoms with Crippen LogP contribution in [0.3, 0.4) is 0 Å². The van der Waals surface area contributed by atoms with Crippen LogP contribution in [0, 0.1) is 0 Å². The first-order valence-electron chi connectivity index (χ1n) is 5.44. The van der Waals surface area contributed by atoms with Gasteiger partial charge in [0.25, 0.3) is 0 Å². The van der Waals surface area contributed by atoms with Gasteiger partial charge in [-0.05, 0) is 18.9 Å². The second-order valence-electron chi connectivity index (χ2n) is 4.03. The summed E-state index contributed by atoms with van der Waals surface area (Å²) in [5.74, 6) is 0. The average molecular weight is 242 g/mol. The first-order valence-corrected chi connectivity index (χ1v) is 5.44. The lowest BCUT2D eigenvalue weighted by Crippen LogP contribution is -2.29. The maximum absolute atomic E-state index is 12.8. The van der Waals surface area contributed by atoms with E-state index in [1.54, 1.807) is 11.0 Å². The van der Waals surface area contributed by atoms with Gasteiger partial charge in [0, 0.05) is 25.0 Å². The Hall–Kier alpha value is -1.52. The quantitative estimate of drug-likeness (QED) is 0.740. The third-order valence-electron chi connectivity index (χ3n) is 2.98. The van der Waals surface area contributed by atoms with Gasteiger partial charge in [-0.1, -0.05) is 6.08 Å². The molecular formula is C12H13F3N2. The summed E-state index contributed by atoms with van der Waals surface area (Å²) in [6.45, 7) is 4.30. The predicted molar refractivity (Wildman–Crippen MR) is 59.8 cm³/mol. The zero-order chi connectivity index (χ0) is 12.5. The standard InChI is InChI=1S/C12H13F3N2/c1-2-9-4-3-7-17(9)11-5-6-16-8-10(11)12(13,14)15/h2,5-6,8-9H,1,3-4,7H2. The normalized spacial score (nSPS) is 20.6. The molecule has 1 atom stereocenters. The molecule has 0 amide bonds. The summed E-state index contributed by atoms with van der Waals surface area (Å²) in [6.07, 6.45) is 1.35. The van der Waals surface area contributed by atoms with Crippen LogP contribution in [0.4, 0.5) is 18.9 Å². The van der Waals surface area contributed by atoms with Gasteiger partial charge < -0.3 is 4.90 Å². The van der Waals surface area contributed by atoms with Crippen LogP contribution in [-0.2, 0) is 6.18 Å². The summed E-state index contributed by atoms with van der Waals surface area (Å²) in [6, 6.07) is 1.41. The van der Waals surface area contributed by atoms with E-state index in [-0.39, 0.29) is 11.7 Å². The first-order chi connectivity index (χ1) is 8.04. The SMILES string of the molecule is C=CC1CCCN1c1ccncc1C(F)(F)F. The van der Waals surface area contributed by atoms with Crippen LogP contribution in [0.1, 0.15) is 18.4 Å². The summed E-state index contributed by atoms with van der Waals surface area (Å²) in [7, 11) is 0. The Balaban J connectivity index is 2.41. The lowest BCUT2D eigenvalue weighted by atomic mass is 10.1. The molecule has 2 nitrogen and oxygen atoms in total. The van der Waals surface area contributed by atoms with Gasteiger partial charge >= 0.3 is 6.18 Å². The Morgan fingerprint density at radius 1 is 1.47 bits per heavy atom. The van der Waals surface area contributed by atoms with Crippen molar-refractivity contribution in [3.63, 3.8) is 0 Å². The highest BCUT2D eigenvalue weighted by Gasteiger charge is 2.37. The van der Waals surface area contributed by atoms with Crippen molar-refractivity contribution in [2.45, 2.75) is 25.1 Å². The van der Waals surface area contributed by atoms with Crippen LogP contribution in [0.15, 0.2) is 31.1 Å². The third-order valence-corrected chi connectivity index (χ3v) is 2.98. The van der Waals surface area contributed by atoms with Crippen LogP contribution in [0.25, 0.3) is 0 Å². The highest BCUT2D eigenvalue weighted by molar-refractivity contribution is 5.55. The summed E-state index contributed by atoms with van der Waals surface area (Å²) in [4.78, 5) is 5.31. The molecular weight excluding hydrogens is 229 g/mol. The van der Waals surface area contributed by atoms with E-state index in [0.29, 0.717) is 6.54 Å². The minimum absolute atomic E-state index is 0.0153. The molecule has 0 saturated carbocycles. The molecule has 0 aromatic carbocycles. The smallest absolute Gasteiger partial charge is 0.365 e. The van der Waals surface area contributed by atoms with Crippen molar-refractivity contribution >= 4 is 5.69 Å². The van der Waals surface area contributed by atoms with Gasteiger partial charge in [-0.3, -0.25) is 4.98 Å². The predicted octanol–water partition coefficient (Wildman–Crippen LogP) is 3.26. The summed E-state index contributed by atoms with van der Waals surface area (Å²) in [5, 5.41) is 0. The summed E-state index contributed by atoms with van der Waals surface area (Å²) < 4.78 is 38.5. The molecule has 1 saturated heterocycles. The number of hydrogen-bond acceptors (Lipinski definition) is 2. The Kier molecular flexibility index (Phi) is 3.09. The third kappa shape index (κ3) is 2.28. The Morgan fingerprint density at radius 2 is 2.24 bits per heavy atom. The molecule has 92 valence electrons. The molecule has 5 heteroatoms. The molecule has 0 radical (unpaired) electrons. The van der Waals surface area contributed by atoms with E-state index >= 15 is 0 Å². The van der Waals surface area contributed by atoms with E-state index in [2.05, 4.69) is 11.6 Å². The molecule has 1 unspecified atom stereocenters. The fourth-order valence-corrected chi connectivity index (χ4v) is 2.19. The summed E-state index contributed by atoms with van der Waals surface area (Å²) >= 11 is 0. The van der Waals surface area contributed by atoms with E-state index < -0.39 is 11.7 Å². The fraction of sp³-hybridized carbons (Fsp3) is 0.417. The van der Waals surface area contributed by atoms with E-state index in [9.17, 15) is 13.2 Å². The maximum Gasteiger partial charge on any atom is 0.419 e. The van der Waals surface area contributed by atoms with E-state index in [0.717, 1.165) is 19.0 Å². The zero-order valence-electron chi connectivity index (χ0n) is 9.24. The van der Waals surface area contributed by atoms with Crippen LogP contribution >= 0.6 is 0 Å². The molecule has 0 spiro atoms. The molecule has 0 bridgehead atoms. The van der Waals surface area contributed by atoms with Gasteiger partial charge in [-0.2, -0.15) is 13.2 Å². The minimum atomic E-state index is -4.36. The maximum atomic E-state index is 12.8. The minimum Gasteiger partial charge on any atom is -0.365 e. The molecule has 0 aliphatic carbocycles. The van der Waals surface area contributed by atoms with Crippen molar-refractivity contribution in [2.24, 2.45) is 0 Å². The van der Waals surface area contributed by atoms with E-state index in [1.165, 1.54) is 12.3 Å². The number of halogens is 3. The Bertz CT molecular complexity index is 414. The molecule has 1 aromatic rings. The molecule has 1 aromatic heterocycles. The Labute approximate surface area is 97.8 Å². The molecule has 1 aliphatic rings. The molecule has 2 rings (SSSR count). The van der Waals surface area contributed by atoms with Crippen molar-refractivity contribution in [2.75, 3.05) is 11.4 Å². The van der Waals surface area contributed by atoms with Crippen LogP contribution < -0.4 is 4.90 Å². The number of rotatable bonds is 2. The van der Waals surface area contributed by atoms with Crippen molar-refractivity contribution in [3.8, 4) is 0 Å². The van der Waals surface area contributed by atoms with Crippen LogP contribution in [0.2, 0.25) is 0 Å². The van der Waals surface area contributed by atoms with Crippen molar-refractivity contribution in [1.82, 2.24) is 4.98 Å². The van der Waals surface area contributed by atoms with Crippen LogP contribution in [-0.4, -0.2) is 17.6 Å². The molecule has 2 heterocycles. The molecule has 17 heavy (non-hydrogen) atoms. The first kappa shape index (κ1) is 12.0. The largest absolute Gasteiger partial charge is 0.419 e. The second-order valence-corrected chi connectivity index (χ2v) is 4.03. The highest BCUT2D eigenvalue weighted by atomic mass is 19.4. The fourth-order valence-electron chi connectivity index (χ4n) is 2.19. The van der Waals surface area contributed by atoms with Gasteiger partial charge in [0.1, 0.15) is 0 Å². The monoisotopic (exact) mass is 242 g/mol. The van der Waals surface area contributed by atoms with Crippen molar-refractivity contribution in [3.05, 3.63) is 36.7 Å². The second kappa shape index (κ2) is 4.39. The van der Waals surface area contributed by atoms with Gasteiger partial charge in [-0.15, -0.1) is 6.58 Å². The zero-order valence-corrected chi connectivity index (χ0v) is 9.24. The number of alkyl halides is 3. The molecule has 1 fully saturated rings. The van der Waals surface area contributed by atoms with E-state index in [1.807, 2.05) is 0 Å². The summed E-state index contributed by atoms with van der Waals surface area (Å²) in [5.41, 5.74) is -0.469. The topological polar surface area (TPSA) is 16.1 Å². The van der Waals surface area contributed by atoms with Crippen molar-refractivity contribution in [1.29, 1.82) is 0 Å². The number of hydrogen-bond donors (Lipinski definition) is 0. The number of aromatic nitrogens is 1. The number of nitrogens with zero attached hydrogens (tertiary/aromatic N) is 2. The Morgan fingerprint density at radius 3 is 2.88 bits per heavy atom. The highest BCUT2D eigenvalue weighted by Crippen LogP contribution is 2.38. The number of anilines is 1. The lowest BCUT2D eigenvalue weighted by molar-refractivity contribution is -0.137. The lowest BCUT2D eigenvalue weighted by Gasteiger charge is -2.27. The van der Waals surface area contributed by atoms with Crippen molar-refractivity contribution < 1.29 is 13.2 Å². The van der Waals surface area contributed by atoms with Gasteiger partial charge in [-0.25, -0.2) is 0 Å². The van der Waals surface area contributed by atoms with E-state index in [4.69, 9.17) is 0 Å². The average Bonchev–Trinajstić information content (AvgIpc) is 2.75. The molecule has 0 N–H and O–H groups in total. The van der Waals surface area contributed by atoms with Gasteiger partial charge in [0.2, 0.25) is 0 Å². The van der Waals surface area contributed by atoms with Crippen LogP contribution in [0.5, 0.6) is 0 Å². The number of pyridine rings is 1. The van der Waals surface area contributed by atoms with Gasteiger partial charge in [0.05, 0.1) is 11.3 Å². The van der Waals surface area contributed by atoms with Gasteiger partial charge in [0.15, 0.2) is 0 Å². The molecule has 1 aliphatic heterocycles.